The van der Waals surface area contributed by atoms with Crippen LogP contribution >= 0.6 is 0 Å². The number of oxazole rings is 1. The predicted molar refractivity (Wildman–Crippen MR) is 78.0 cm³/mol. The summed E-state index contributed by atoms with van der Waals surface area (Å²) in [5.41, 5.74) is 1.67. The average Bonchev–Trinajstić information content (AvgIpc) is 2.87. The van der Waals surface area contributed by atoms with Crippen LogP contribution in [0, 0.1) is 13.0 Å². The van der Waals surface area contributed by atoms with Crippen LogP contribution < -0.4 is 4.74 Å². The van der Waals surface area contributed by atoms with E-state index in [9.17, 15) is 5.11 Å². The number of hydrogen-bond acceptors (Lipinski definition) is 4. The van der Waals surface area contributed by atoms with Crippen molar-refractivity contribution in [1.82, 2.24) is 4.98 Å². The lowest BCUT2D eigenvalue weighted by atomic mass is 10.2. The summed E-state index contributed by atoms with van der Waals surface area (Å²) >= 11 is 0. The number of nitrogens with zero attached hydrogens (tertiary/aromatic N) is 1. The van der Waals surface area contributed by atoms with E-state index >= 15 is 0 Å². The largest absolute Gasteiger partial charge is 0.507 e. The van der Waals surface area contributed by atoms with Gasteiger partial charge in [-0.25, -0.2) is 4.98 Å². The molecule has 105 valence electrons. The molecule has 4 heteroatoms. The van der Waals surface area contributed by atoms with Gasteiger partial charge in [0.1, 0.15) is 29.6 Å². The van der Waals surface area contributed by atoms with Gasteiger partial charge < -0.3 is 14.3 Å². The number of ether oxygens (including phenoxy) is 1. The number of aromatic hydroxyl groups is 1. The van der Waals surface area contributed by atoms with Crippen LogP contribution in [-0.2, 0) is 6.61 Å². The van der Waals surface area contributed by atoms with Crippen LogP contribution in [0.4, 0.5) is 0 Å². The fourth-order valence-electron chi connectivity index (χ4n) is 1.94. The predicted octanol–water partition coefficient (Wildman–Crippen LogP) is 3.73. The minimum absolute atomic E-state index is 0.0503. The zero-order valence-electron chi connectivity index (χ0n) is 11.5. The van der Waals surface area contributed by atoms with E-state index in [1.54, 1.807) is 12.1 Å². The molecule has 1 N–H and O–H groups in total. The molecule has 3 rings (SSSR count). The molecular weight excluding hydrogens is 266 g/mol. The topological polar surface area (TPSA) is 55.5 Å². The molecule has 3 aromatic rings. The van der Waals surface area contributed by atoms with Crippen molar-refractivity contribution in [2.75, 3.05) is 0 Å². The van der Waals surface area contributed by atoms with Crippen LogP contribution in [0.25, 0.3) is 11.5 Å². The van der Waals surface area contributed by atoms with Gasteiger partial charge in [0, 0.05) is 17.7 Å². The summed E-state index contributed by atoms with van der Waals surface area (Å²) < 4.78 is 11.3. The highest BCUT2D eigenvalue weighted by Gasteiger charge is 2.11. The summed E-state index contributed by atoms with van der Waals surface area (Å²) in [6.45, 7) is 2.14. The number of phenolic OH excluding ortho intramolecular Hbond substituents is 1. The van der Waals surface area contributed by atoms with Gasteiger partial charge in [-0.2, -0.15) is 0 Å². The number of benzene rings is 2. The van der Waals surface area contributed by atoms with Crippen LogP contribution in [0.3, 0.4) is 0 Å². The van der Waals surface area contributed by atoms with E-state index in [1.807, 2.05) is 37.3 Å². The summed E-state index contributed by atoms with van der Waals surface area (Å²) in [5.74, 6) is 1.92. The van der Waals surface area contributed by atoms with Crippen LogP contribution in [0.2, 0.25) is 0 Å². The van der Waals surface area contributed by atoms with Crippen molar-refractivity contribution in [3.63, 3.8) is 0 Å². The van der Waals surface area contributed by atoms with E-state index in [0.29, 0.717) is 11.6 Å². The lowest BCUT2D eigenvalue weighted by molar-refractivity contribution is 0.298. The Morgan fingerprint density at radius 2 is 2.05 bits per heavy atom. The third-order valence-corrected chi connectivity index (χ3v) is 3.05. The molecule has 0 amide bonds. The van der Waals surface area contributed by atoms with Crippen LogP contribution in [0.15, 0.2) is 52.9 Å². The van der Waals surface area contributed by atoms with Gasteiger partial charge in [-0.05, 0) is 31.2 Å². The van der Waals surface area contributed by atoms with Gasteiger partial charge in [0.2, 0.25) is 5.89 Å². The summed E-state index contributed by atoms with van der Waals surface area (Å²) in [5, 5.41) is 9.35. The Morgan fingerprint density at radius 3 is 2.81 bits per heavy atom. The molecule has 4 nitrogen and oxygen atoms in total. The van der Waals surface area contributed by atoms with Crippen molar-refractivity contribution in [2.24, 2.45) is 0 Å². The number of phenols is 1. The molecular formula is C17H14NO3. The molecule has 0 atom stereocenters. The quantitative estimate of drug-likeness (QED) is 0.791. The van der Waals surface area contributed by atoms with Gasteiger partial charge in [-0.3, -0.25) is 0 Å². The first-order chi connectivity index (χ1) is 10.2. The molecule has 0 spiro atoms. The van der Waals surface area contributed by atoms with Crippen molar-refractivity contribution in [3.8, 4) is 23.0 Å². The molecule has 1 aromatic heterocycles. The summed E-state index contributed by atoms with van der Waals surface area (Å²) in [6, 6.07) is 17.2. The van der Waals surface area contributed by atoms with Gasteiger partial charge in [0.25, 0.3) is 0 Å². The number of aromatic nitrogens is 1. The highest BCUT2D eigenvalue weighted by Crippen LogP contribution is 2.23. The molecule has 0 saturated carbocycles. The van der Waals surface area contributed by atoms with Gasteiger partial charge >= 0.3 is 0 Å². The number of rotatable bonds is 4. The van der Waals surface area contributed by atoms with Gasteiger partial charge in [0.15, 0.2) is 0 Å². The Hall–Kier alpha value is -2.75. The molecule has 0 aliphatic carbocycles. The molecule has 0 aliphatic heterocycles. The third kappa shape index (κ3) is 3.05. The second-order valence-corrected chi connectivity index (χ2v) is 4.59. The van der Waals surface area contributed by atoms with E-state index < -0.39 is 0 Å². The molecule has 1 heterocycles. The lowest BCUT2D eigenvalue weighted by Crippen LogP contribution is -1.97. The monoisotopic (exact) mass is 280 g/mol. The smallest absolute Gasteiger partial charge is 0.226 e. The van der Waals surface area contributed by atoms with Crippen molar-refractivity contribution in [3.05, 3.63) is 66.1 Å². The maximum absolute atomic E-state index is 9.35. The Kier molecular flexibility index (Phi) is 3.60. The zero-order chi connectivity index (χ0) is 14.7. The normalized spacial score (nSPS) is 10.5. The van der Waals surface area contributed by atoms with Crippen molar-refractivity contribution in [1.29, 1.82) is 0 Å². The number of aryl methyl sites for hydroxylation is 1. The Labute approximate surface area is 122 Å². The van der Waals surface area contributed by atoms with E-state index in [0.717, 1.165) is 17.0 Å². The maximum Gasteiger partial charge on any atom is 0.226 e. The minimum Gasteiger partial charge on any atom is -0.507 e. The Morgan fingerprint density at radius 1 is 1.24 bits per heavy atom. The molecule has 0 bridgehead atoms. The van der Waals surface area contributed by atoms with Crippen molar-refractivity contribution < 1.29 is 14.3 Å². The molecule has 0 fully saturated rings. The van der Waals surface area contributed by atoms with Gasteiger partial charge in [-0.15, -0.1) is 0 Å². The van der Waals surface area contributed by atoms with Crippen molar-refractivity contribution >= 4 is 0 Å². The van der Waals surface area contributed by atoms with Gasteiger partial charge in [0.05, 0.1) is 0 Å². The second kappa shape index (κ2) is 5.71. The molecule has 21 heavy (non-hydrogen) atoms. The van der Waals surface area contributed by atoms with Gasteiger partial charge in [-0.1, -0.05) is 18.2 Å². The average molecular weight is 280 g/mol. The second-order valence-electron chi connectivity index (χ2n) is 4.59. The molecule has 0 saturated heterocycles. The lowest BCUT2D eigenvalue weighted by Gasteiger charge is -2.04. The van der Waals surface area contributed by atoms with Crippen LogP contribution in [0.5, 0.6) is 11.5 Å². The highest BCUT2D eigenvalue weighted by atomic mass is 16.5. The van der Waals surface area contributed by atoms with Crippen LogP contribution in [-0.4, -0.2) is 10.1 Å². The maximum atomic E-state index is 9.35. The first-order valence-corrected chi connectivity index (χ1v) is 6.57. The van der Waals surface area contributed by atoms with Crippen molar-refractivity contribution in [2.45, 2.75) is 13.5 Å². The fourth-order valence-corrected chi connectivity index (χ4v) is 1.94. The molecule has 0 aliphatic rings. The third-order valence-electron chi connectivity index (χ3n) is 3.05. The molecule has 0 unspecified atom stereocenters. The number of hydrogen-bond donors (Lipinski definition) is 1. The Balaban J connectivity index is 1.76. The Bertz CT molecular complexity index is 735. The molecule has 1 radical (unpaired) electrons. The fraction of sp³-hybridized carbons (Fsp3) is 0.118. The summed E-state index contributed by atoms with van der Waals surface area (Å²) in [6.07, 6.45) is 0. The zero-order valence-corrected chi connectivity index (χ0v) is 11.5. The van der Waals surface area contributed by atoms with E-state index in [4.69, 9.17) is 9.15 Å². The van der Waals surface area contributed by atoms with Crippen LogP contribution in [0.1, 0.15) is 11.5 Å². The summed E-state index contributed by atoms with van der Waals surface area (Å²) in [7, 11) is 0. The molecule has 2 aromatic carbocycles. The minimum atomic E-state index is 0.0503. The first kappa shape index (κ1) is 13.2. The first-order valence-electron chi connectivity index (χ1n) is 6.57. The highest BCUT2D eigenvalue weighted by molar-refractivity contribution is 5.53. The SMILES string of the molecule is Cc1oc(-c2ccccc2)nc1COc1cc[c]c(O)c1. The van der Waals surface area contributed by atoms with E-state index in [1.165, 1.54) is 6.07 Å². The standard InChI is InChI=1S/C17H14NO3/c1-12-16(11-20-15-9-5-8-14(19)10-15)18-17(21-12)13-6-3-2-4-7-13/h2-7,9-10,19H,11H2,1H3. The van der Waals surface area contributed by atoms with E-state index in [2.05, 4.69) is 11.1 Å². The van der Waals surface area contributed by atoms with E-state index in [-0.39, 0.29) is 12.4 Å². The summed E-state index contributed by atoms with van der Waals surface area (Å²) in [4.78, 5) is 4.46.